The molecule has 0 saturated heterocycles. The summed E-state index contributed by atoms with van der Waals surface area (Å²) in [5, 5.41) is 0. The molecule has 0 amide bonds. The van der Waals surface area contributed by atoms with Gasteiger partial charge in [0, 0.05) is 7.11 Å². The van der Waals surface area contributed by atoms with Crippen LogP contribution in [0.1, 0.15) is 29.7 Å². The Labute approximate surface area is 95.9 Å². The fourth-order valence-corrected chi connectivity index (χ4v) is 3.48. The summed E-state index contributed by atoms with van der Waals surface area (Å²) >= 11 is 0. The first-order valence-corrected chi connectivity index (χ1v) is 9.54. The zero-order valence-corrected chi connectivity index (χ0v) is 9.76. The molecule has 0 aliphatic heterocycles. The molecule has 0 bridgehead atoms. The molecular weight excluding hydrogens is 208 g/mol. The first kappa shape index (κ1) is 29.3. The molecule has 0 spiro atoms. The maximum Gasteiger partial charge on any atom is 0.210 e. The van der Waals surface area contributed by atoms with Crippen LogP contribution in [0.5, 0.6) is 0 Å². The van der Waals surface area contributed by atoms with Crippen LogP contribution in [0.15, 0.2) is 0 Å². The zero-order valence-electron chi connectivity index (χ0n) is 7.60. The average molecular weight is 243 g/mol. The summed E-state index contributed by atoms with van der Waals surface area (Å²) in [5.41, 5.74) is 0. The van der Waals surface area contributed by atoms with Crippen LogP contribution in [0.25, 0.3) is 0 Å². The molecule has 0 saturated carbocycles. The summed E-state index contributed by atoms with van der Waals surface area (Å²) in [5.74, 6) is 0. The van der Waals surface area contributed by atoms with Crippen molar-refractivity contribution in [2.24, 2.45) is 0 Å². The van der Waals surface area contributed by atoms with Gasteiger partial charge in [0.2, 0.25) is 8.32 Å². The predicted octanol–water partition coefficient (Wildman–Crippen LogP) is 3.92. The Bertz CT molecular complexity index is 96.1. The highest BCUT2D eigenvalue weighted by molar-refractivity contribution is 6.71. The normalized spacial score (nSPS) is 9.00. The minimum atomic E-state index is -1.43. The second kappa shape index (κ2) is 13.4. The molecule has 0 atom stereocenters. The smallest absolute Gasteiger partial charge is 0.210 e. The van der Waals surface area contributed by atoms with E-state index in [0.29, 0.717) is 0 Å². The van der Waals surface area contributed by atoms with Gasteiger partial charge in [-0.15, -0.1) is 0 Å². The Morgan fingerprint density at radius 2 is 1.36 bits per heavy atom. The Morgan fingerprint density at radius 1 is 1.00 bits per heavy atom. The molecule has 0 N–H and O–H groups in total. The molecule has 0 aromatic rings. The standard InChI is InChI=1S/C6H18O2Si2.4CH4/c1-7-10(4,5)6-8-9(2)3;;;;/h9H,6H2,1-5H3;4*1H4. The lowest BCUT2D eigenvalue weighted by Crippen LogP contribution is -2.37. The van der Waals surface area contributed by atoms with Gasteiger partial charge >= 0.3 is 0 Å². The van der Waals surface area contributed by atoms with Crippen LogP contribution in [0.4, 0.5) is 0 Å². The van der Waals surface area contributed by atoms with E-state index in [2.05, 4.69) is 26.2 Å². The summed E-state index contributed by atoms with van der Waals surface area (Å²) in [6.07, 6.45) is 0.855. The van der Waals surface area contributed by atoms with E-state index >= 15 is 0 Å². The predicted molar refractivity (Wildman–Crippen MR) is 76.2 cm³/mol. The van der Waals surface area contributed by atoms with Gasteiger partial charge in [0.05, 0.1) is 6.23 Å². The average Bonchev–Trinajstić information content (AvgIpc) is 1.85. The van der Waals surface area contributed by atoms with E-state index < -0.39 is 17.4 Å². The third-order valence-electron chi connectivity index (χ3n) is 1.32. The number of hydrogen-bond acceptors (Lipinski definition) is 2. The molecule has 0 radical (unpaired) electrons. The Balaban J connectivity index is -0.0000000675. The van der Waals surface area contributed by atoms with Gasteiger partial charge in [-0.1, -0.05) is 29.7 Å². The summed E-state index contributed by atoms with van der Waals surface area (Å²) < 4.78 is 10.9. The lowest BCUT2D eigenvalue weighted by atomic mass is 11.7. The van der Waals surface area contributed by atoms with E-state index in [1.165, 1.54) is 0 Å². The summed E-state index contributed by atoms with van der Waals surface area (Å²) in [4.78, 5) is 0. The van der Waals surface area contributed by atoms with Crippen LogP contribution >= 0.6 is 0 Å². The van der Waals surface area contributed by atoms with Gasteiger partial charge in [0.25, 0.3) is 0 Å². The molecule has 0 aliphatic carbocycles. The molecule has 4 heteroatoms. The summed E-state index contributed by atoms with van der Waals surface area (Å²) in [6, 6.07) is 0. The molecule has 0 fully saturated rings. The van der Waals surface area contributed by atoms with E-state index in [9.17, 15) is 0 Å². The molecule has 2 nitrogen and oxygen atoms in total. The molecule has 94 valence electrons. The quantitative estimate of drug-likeness (QED) is 0.696. The van der Waals surface area contributed by atoms with E-state index in [-0.39, 0.29) is 29.7 Å². The second-order valence-corrected chi connectivity index (χ2v) is 9.97. The highest BCUT2D eigenvalue weighted by Gasteiger charge is 2.20. The van der Waals surface area contributed by atoms with Crippen LogP contribution in [0, 0.1) is 0 Å². The lowest BCUT2D eigenvalue weighted by molar-refractivity contribution is 0.325. The fraction of sp³-hybridized carbons (Fsp3) is 1.00. The Hall–Kier alpha value is 0.354. The van der Waals surface area contributed by atoms with Crippen molar-refractivity contribution in [3.05, 3.63) is 0 Å². The van der Waals surface area contributed by atoms with Crippen LogP contribution in [-0.4, -0.2) is 30.7 Å². The third kappa shape index (κ3) is 18.2. The van der Waals surface area contributed by atoms with E-state index in [4.69, 9.17) is 8.85 Å². The van der Waals surface area contributed by atoms with Gasteiger partial charge in [0.1, 0.15) is 0 Å². The molecule has 0 aromatic heterocycles. The molecule has 0 aliphatic rings. The van der Waals surface area contributed by atoms with Crippen molar-refractivity contribution in [1.29, 1.82) is 0 Å². The summed E-state index contributed by atoms with van der Waals surface area (Å²) in [6.45, 7) is 8.70. The maximum absolute atomic E-state index is 5.57. The Morgan fingerprint density at radius 3 is 1.57 bits per heavy atom. The minimum absolute atomic E-state index is 0. The lowest BCUT2D eigenvalue weighted by Gasteiger charge is -2.20. The highest BCUT2D eigenvalue weighted by atomic mass is 28.4. The summed E-state index contributed by atoms with van der Waals surface area (Å²) in [7, 11) is -0.482. The first-order valence-electron chi connectivity index (χ1n) is 3.65. The minimum Gasteiger partial charge on any atom is -0.421 e. The van der Waals surface area contributed by atoms with Crippen molar-refractivity contribution in [3.63, 3.8) is 0 Å². The van der Waals surface area contributed by atoms with Crippen molar-refractivity contribution in [2.75, 3.05) is 13.3 Å². The van der Waals surface area contributed by atoms with Gasteiger partial charge in [-0.2, -0.15) is 0 Å². The van der Waals surface area contributed by atoms with Crippen molar-refractivity contribution < 1.29 is 8.85 Å². The van der Waals surface area contributed by atoms with E-state index in [0.717, 1.165) is 6.23 Å². The number of hydrogen-bond donors (Lipinski definition) is 0. The molecule has 0 heterocycles. The molecule has 0 unspecified atom stereocenters. The SMILES string of the molecule is C.C.C.C.CO[Si](C)(C)CO[SiH](C)C. The molecule has 0 aromatic carbocycles. The van der Waals surface area contributed by atoms with Crippen LogP contribution < -0.4 is 0 Å². The van der Waals surface area contributed by atoms with Crippen LogP contribution in [0.3, 0.4) is 0 Å². The van der Waals surface area contributed by atoms with Gasteiger partial charge in [-0.3, -0.25) is 0 Å². The van der Waals surface area contributed by atoms with Gasteiger partial charge in [0.15, 0.2) is 9.04 Å². The number of rotatable bonds is 4. The largest absolute Gasteiger partial charge is 0.421 e. The Kier molecular flexibility index (Phi) is 27.9. The molecular formula is C10H34O2Si2. The van der Waals surface area contributed by atoms with Crippen LogP contribution in [-0.2, 0) is 8.85 Å². The fourth-order valence-electron chi connectivity index (χ4n) is 0.426. The second-order valence-electron chi connectivity index (χ2n) is 3.32. The van der Waals surface area contributed by atoms with Crippen molar-refractivity contribution in [2.45, 2.75) is 55.9 Å². The van der Waals surface area contributed by atoms with E-state index in [1.54, 1.807) is 7.11 Å². The topological polar surface area (TPSA) is 18.5 Å². The van der Waals surface area contributed by atoms with E-state index in [1.807, 2.05) is 0 Å². The first-order chi connectivity index (χ1) is 4.48. The highest BCUT2D eigenvalue weighted by Crippen LogP contribution is 2.03. The molecule has 14 heavy (non-hydrogen) atoms. The maximum atomic E-state index is 5.57. The van der Waals surface area contributed by atoms with Crippen LogP contribution in [0.2, 0.25) is 26.2 Å². The molecule has 0 rings (SSSR count). The van der Waals surface area contributed by atoms with Crippen molar-refractivity contribution in [1.82, 2.24) is 0 Å². The monoisotopic (exact) mass is 242 g/mol. The van der Waals surface area contributed by atoms with Gasteiger partial charge in [-0.05, 0) is 26.2 Å². The van der Waals surface area contributed by atoms with Gasteiger partial charge < -0.3 is 8.85 Å². The van der Waals surface area contributed by atoms with Crippen molar-refractivity contribution in [3.8, 4) is 0 Å². The van der Waals surface area contributed by atoms with Gasteiger partial charge in [-0.25, -0.2) is 0 Å². The van der Waals surface area contributed by atoms with Crippen molar-refractivity contribution >= 4 is 17.4 Å². The zero-order chi connectivity index (χ0) is 8.20. The third-order valence-corrected chi connectivity index (χ3v) is 4.45.